The number of unbranched alkanes of at least 4 members (excludes halogenated alkanes) is 3. The van der Waals surface area contributed by atoms with Crippen molar-refractivity contribution >= 4 is 34.7 Å². The molecule has 2 aliphatic rings. The fourth-order valence-corrected chi connectivity index (χ4v) is 5.74. The predicted octanol–water partition coefficient (Wildman–Crippen LogP) is 5.23. The number of anilines is 3. The Morgan fingerprint density at radius 3 is 2.66 bits per heavy atom. The second-order valence-corrected chi connectivity index (χ2v) is 11.8. The van der Waals surface area contributed by atoms with Crippen LogP contribution in [0, 0.1) is 0 Å². The van der Waals surface area contributed by atoms with Gasteiger partial charge in [-0.15, -0.1) is 0 Å². The van der Waals surface area contributed by atoms with Gasteiger partial charge in [0.1, 0.15) is 0 Å². The Morgan fingerprint density at radius 2 is 1.83 bits per heavy atom. The third-order valence-corrected chi connectivity index (χ3v) is 8.36. The Balaban J connectivity index is 0.983. The first-order chi connectivity index (χ1) is 23.1. The molecule has 0 aliphatic carbocycles. The minimum Gasteiger partial charge on any atom is -0.378 e. The van der Waals surface area contributed by atoms with Crippen LogP contribution in [0.3, 0.4) is 0 Å². The predicted molar refractivity (Wildman–Crippen MR) is 179 cm³/mol. The summed E-state index contributed by atoms with van der Waals surface area (Å²) in [6.07, 6.45) is 11.9. The maximum Gasteiger partial charge on any atom is 0.251 e. The number of hydrogen-bond donors (Lipinski definition) is 3. The van der Waals surface area contributed by atoms with E-state index in [0.717, 1.165) is 93.9 Å². The van der Waals surface area contributed by atoms with Gasteiger partial charge in [0, 0.05) is 80.2 Å². The van der Waals surface area contributed by atoms with Crippen molar-refractivity contribution < 1.29 is 23.9 Å². The fourth-order valence-electron chi connectivity index (χ4n) is 5.74. The molecule has 2 fully saturated rings. The van der Waals surface area contributed by atoms with Gasteiger partial charge in [0.15, 0.2) is 17.8 Å². The van der Waals surface area contributed by atoms with E-state index in [0.29, 0.717) is 36.6 Å². The van der Waals surface area contributed by atoms with Gasteiger partial charge in [0.25, 0.3) is 5.91 Å². The molecule has 12 heteroatoms. The van der Waals surface area contributed by atoms with Crippen LogP contribution in [0.1, 0.15) is 61.7 Å². The van der Waals surface area contributed by atoms with Crippen LogP contribution >= 0.6 is 0 Å². The SMILES string of the molecule is O=C(CCCCCCNC(=O)c1cccc(-c2cn3ccnc3c(Nc3ccc(N4CCOCC4)cc3)n2)c1)NOC1CCCCO1. The van der Waals surface area contributed by atoms with Gasteiger partial charge in [-0.05, 0) is 62.1 Å². The Morgan fingerprint density at radius 1 is 0.979 bits per heavy atom. The van der Waals surface area contributed by atoms with Gasteiger partial charge < -0.3 is 29.4 Å². The zero-order chi connectivity index (χ0) is 32.3. The first-order valence-electron chi connectivity index (χ1n) is 16.6. The topological polar surface area (TPSA) is 131 Å². The summed E-state index contributed by atoms with van der Waals surface area (Å²) in [5.41, 5.74) is 7.41. The molecule has 6 rings (SSSR count). The van der Waals surface area contributed by atoms with Crippen LogP contribution < -0.4 is 21.0 Å². The van der Waals surface area contributed by atoms with Crippen molar-refractivity contribution in [3.63, 3.8) is 0 Å². The van der Waals surface area contributed by atoms with Crippen molar-refractivity contribution in [3.8, 4) is 11.3 Å². The Labute approximate surface area is 274 Å². The summed E-state index contributed by atoms with van der Waals surface area (Å²) in [5.74, 6) is 0.371. The number of amides is 2. The van der Waals surface area contributed by atoms with Gasteiger partial charge in [0.2, 0.25) is 5.91 Å². The van der Waals surface area contributed by atoms with Gasteiger partial charge >= 0.3 is 0 Å². The lowest BCUT2D eigenvalue weighted by atomic mass is 10.1. The number of carbonyl (C=O) groups is 2. The molecule has 1 atom stereocenters. The summed E-state index contributed by atoms with van der Waals surface area (Å²) < 4.78 is 12.9. The standard InChI is InChI=1S/C35H43N7O5/c43-31(40-47-32-11-4-6-21-46-32)10-3-1-2-5-16-37-35(44)27-9-7-8-26(24-27)30-25-42-18-17-36-34(42)33(39-30)38-28-12-14-29(15-13-28)41-19-22-45-23-20-41/h7-9,12-15,17-18,24-25,32H,1-6,10-11,16,19-23H2,(H,37,44)(H,38,39)(H,40,43). The fraction of sp³-hybridized carbons (Fsp3) is 0.429. The van der Waals surface area contributed by atoms with E-state index in [9.17, 15) is 9.59 Å². The highest BCUT2D eigenvalue weighted by atomic mass is 16.8. The van der Waals surface area contributed by atoms with Crippen LogP contribution in [-0.2, 0) is 19.1 Å². The van der Waals surface area contributed by atoms with Gasteiger partial charge in [-0.2, -0.15) is 0 Å². The third kappa shape index (κ3) is 9.06. The van der Waals surface area contributed by atoms with Crippen LogP contribution in [0.15, 0.2) is 67.1 Å². The average molecular weight is 642 g/mol. The Hall–Kier alpha value is -4.52. The van der Waals surface area contributed by atoms with Crippen LogP contribution in [0.2, 0.25) is 0 Å². The number of carbonyl (C=O) groups excluding carboxylic acids is 2. The quantitative estimate of drug-likeness (QED) is 0.125. The van der Waals surface area contributed by atoms with Crippen LogP contribution in [0.4, 0.5) is 17.2 Å². The van der Waals surface area contributed by atoms with Crippen molar-refractivity contribution in [2.45, 2.75) is 57.7 Å². The van der Waals surface area contributed by atoms with Gasteiger partial charge in [-0.25, -0.2) is 20.3 Å². The molecule has 1 unspecified atom stereocenters. The number of rotatable bonds is 14. The summed E-state index contributed by atoms with van der Waals surface area (Å²) >= 11 is 0. The first-order valence-corrected chi connectivity index (χ1v) is 16.6. The van der Waals surface area contributed by atoms with E-state index in [-0.39, 0.29) is 18.1 Å². The molecule has 0 radical (unpaired) electrons. The maximum atomic E-state index is 13.0. The molecule has 3 N–H and O–H groups in total. The molecule has 2 amide bonds. The zero-order valence-corrected chi connectivity index (χ0v) is 26.7. The number of imidazole rings is 1. The lowest BCUT2D eigenvalue weighted by molar-refractivity contribution is -0.200. The molecule has 2 aliphatic heterocycles. The van der Waals surface area contributed by atoms with Gasteiger partial charge in [0.05, 0.1) is 18.9 Å². The molecule has 2 aromatic carbocycles. The van der Waals surface area contributed by atoms with Crippen molar-refractivity contribution in [2.24, 2.45) is 0 Å². The highest BCUT2D eigenvalue weighted by Crippen LogP contribution is 2.27. The molecule has 2 saturated heterocycles. The third-order valence-electron chi connectivity index (χ3n) is 8.36. The molecule has 0 spiro atoms. The second kappa shape index (κ2) is 16.3. The van der Waals surface area contributed by atoms with Crippen molar-refractivity contribution in [1.29, 1.82) is 0 Å². The highest BCUT2D eigenvalue weighted by molar-refractivity contribution is 5.95. The van der Waals surface area contributed by atoms with E-state index < -0.39 is 0 Å². The number of morpholine rings is 1. The highest BCUT2D eigenvalue weighted by Gasteiger charge is 2.16. The van der Waals surface area contributed by atoms with Gasteiger partial charge in [-0.1, -0.05) is 25.0 Å². The first kappa shape index (κ1) is 32.4. The number of nitrogens with zero attached hydrogens (tertiary/aromatic N) is 4. The maximum absolute atomic E-state index is 13.0. The molecule has 248 valence electrons. The molecule has 0 bridgehead atoms. The molecular formula is C35H43N7O5. The van der Waals surface area contributed by atoms with Gasteiger partial charge in [-0.3, -0.25) is 9.59 Å². The van der Waals surface area contributed by atoms with E-state index in [1.165, 1.54) is 0 Å². The van der Waals surface area contributed by atoms with Crippen LogP contribution in [0.5, 0.6) is 0 Å². The Bertz CT molecular complexity index is 1610. The van der Waals surface area contributed by atoms with Crippen molar-refractivity contribution in [1.82, 2.24) is 25.2 Å². The summed E-state index contributed by atoms with van der Waals surface area (Å²) in [5, 5.41) is 6.46. The Kier molecular flexibility index (Phi) is 11.3. The molecule has 0 saturated carbocycles. The molecule has 12 nitrogen and oxygen atoms in total. The number of benzene rings is 2. The average Bonchev–Trinajstić information content (AvgIpc) is 3.61. The van der Waals surface area contributed by atoms with Crippen molar-refractivity contribution in [3.05, 3.63) is 72.7 Å². The number of nitrogens with one attached hydrogen (secondary N) is 3. The lowest BCUT2D eigenvalue weighted by Crippen LogP contribution is -2.36. The summed E-state index contributed by atoms with van der Waals surface area (Å²) in [6, 6.07) is 15.8. The number of fused-ring (bicyclic) bond motifs is 1. The number of ether oxygens (including phenoxy) is 2. The van der Waals surface area contributed by atoms with E-state index in [2.05, 4.69) is 38.1 Å². The van der Waals surface area contributed by atoms with E-state index in [1.54, 1.807) is 6.20 Å². The molecule has 47 heavy (non-hydrogen) atoms. The van der Waals surface area contributed by atoms with Crippen LogP contribution in [-0.4, -0.2) is 71.9 Å². The zero-order valence-electron chi connectivity index (χ0n) is 26.7. The van der Waals surface area contributed by atoms with Crippen molar-refractivity contribution in [2.75, 3.05) is 49.7 Å². The summed E-state index contributed by atoms with van der Waals surface area (Å²) in [6.45, 7) is 4.50. The van der Waals surface area contributed by atoms with E-state index >= 15 is 0 Å². The molecule has 2 aromatic heterocycles. The minimum absolute atomic E-state index is 0.129. The molecule has 4 aromatic rings. The monoisotopic (exact) mass is 641 g/mol. The number of hydroxylamine groups is 1. The van der Waals surface area contributed by atoms with Crippen LogP contribution in [0.25, 0.3) is 16.9 Å². The summed E-state index contributed by atoms with van der Waals surface area (Å²) in [7, 11) is 0. The van der Waals surface area contributed by atoms with E-state index in [1.807, 2.05) is 53.2 Å². The minimum atomic E-state index is -0.335. The smallest absolute Gasteiger partial charge is 0.251 e. The largest absolute Gasteiger partial charge is 0.378 e. The van der Waals surface area contributed by atoms with E-state index in [4.69, 9.17) is 19.3 Å². The summed E-state index contributed by atoms with van der Waals surface area (Å²) in [4.78, 5) is 42.0. The molecular weight excluding hydrogens is 598 g/mol. The second-order valence-electron chi connectivity index (χ2n) is 11.8. The molecule has 4 heterocycles. The number of aromatic nitrogens is 3. The number of hydrogen-bond acceptors (Lipinski definition) is 9. The normalized spacial score (nSPS) is 16.6. The lowest BCUT2D eigenvalue weighted by Gasteiger charge is -2.28.